The molecular weight excluding hydrogens is 1970 g/mol. The van der Waals surface area contributed by atoms with Crippen LogP contribution in [-0.4, -0.2) is 109 Å². The number of hydrogen-bond donors (Lipinski definition) is 0. The van der Waals surface area contributed by atoms with Gasteiger partial charge < -0.3 is 27.9 Å². The van der Waals surface area contributed by atoms with Crippen LogP contribution in [0.15, 0.2) is 0 Å². The number of rotatable bonds is 42. The summed E-state index contributed by atoms with van der Waals surface area (Å²) in [7, 11) is 1.15. The number of alkyl halides is 10. The lowest BCUT2D eigenvalue weighted by Gasteiger charge is -2.28. The van der Waals surface area contributed by atoms with E-state index in [9.17, 15) is 19.0 Å². The van der Waals surface area contributed by atoms with Gasteiger partial charge in [-0.1, -0.05) is 317 Å². The fourth-order valence-corrected chi connectivity index (χ4v) is 17.5. The summed E-state index contributed by atoms with van der Waals surface area (Å²) in [5.74, 6) is -0.842. The monoisotopic (exact) mass is 2050 g/mol. The topological polar surface area (TPSA) is 111 Å². The summed E-state index contributed by atoms with van der Waals surface area (Å²) in [6, 6.07) is 0. The van der Waals surface area contributed by atoms with Gasteiger partial charge in [0.15, 0.2) is 6.10 Å². The number of unbranched alkanes of at least 4 members (excludes halogenated alkanes) is 11. The molecule has 0 aliphatic heterocycles. The Morgan fingerprint density at radius 2 is 0.922 bits per heavy atom. The summed E-state index contributed by atoms with van der Waals surface area (Å²) in [6.07, 6.45) is 22.2. The van der Waals surface area contributed by atoms with Gasteiger partial charge in [-0.25, -0.2) is 0 Å². The zero-order chi connectivity index (χ0) is 48.7. The number of hydrogen-bond acceptors (Lipinski definition) is 8. The highest BCUT2D eigenvalue weighted by atomic mass is 127. The third-order valence-electron chi connectivity index (χ3n) is 10.6. The van der Waals surface area contributed by atoms with Crippen LogP contribution in [0.1, 0.15) is 155 Å². The first-order valence-electron chi connectivity index (χ1n) is 23.1. The Balaban J connectivity index is 4.67. The van der Waals surface area contributed by atoms with E-state index in [1.165, 1.54) is 77.0 Å². The largest absolute Gasteiger partial charge is 0.756 e. The number of phosphoric acid groups is 1. The SMILES string of the molecule is CCCCCC(I)C(I)CC(I)C(I)CCCCCCCC(=O)OCC(COP(=O)([O-])OCC[N+](C)(C)C)OC(=O)CCCCCCCCC(I)C(I)CC(I)C(I)CC(I)C(C)I. The second kappa shape index (κ2) is 42.4. The second-order valence-electron chi connectivity index (χ2n) is 17.9. The number of quaternary nitrogens is 1. The van der Waals surface area contributed by atoms with E-state index in [-0.39, 0.29) is 32.0 Å². The van der Waals surface area contributed by atoms with Crippen LogP contribution >= 0.6 is 234 Å². The van der Waals surface area contributed by atoms with Gasteiger partial charge in [0.25, 0.3) is 7.82 Å². The van der Waals surface area contributed by atoms with E-state index in [4.69, 9.17) is 18.5 Å². The maximum absolute atomic E-state index is 12.9. The van der Waals surface area contributed by atoms with E-state index < -0.39 is 26.5 Å². The molecule has 0 aromatic heterocycles. The van der Waals surface area contributed by atoms with Gasteiger partial charge in [-0.05, 0) is 51.4 Å². The Hall–Kier alpha value is 6.31. The smallest absolute Gasteiger partial charge is 0.306 e. The van der Waals surface area contributed by atoms with Crippen molar-refractivity contribution in [2.24, 2.45) is 0 Å². The number of carbonyl (C=O) groups excluding carboxylic acids is 2. The Morgan fingerprint density at radius 3 is 1.36 bits per heavy atom. The highest BCUT2D eigenvalue weighted by Gasteiger charge is 2.27. The number of likely N-dealkylation sites (N-methyl/N-ethyl adjacent to an activating group) is 1. The Bertz CT molecular complexity index is 1250. The van der Waals surface area contributed by atoms with Crippen LogP contribution in [-0.2, 0) is 32.7 Å². The van der Waals surface area contributed by atoms with Crippen molar-refractivity contribution in [1.82, 2.24) is 0 Å². The average Bonchev–Trinajstić information content (AvgIpc) is 3.21. The Labute approximate surface area is 526 Å². The average molecular weight is 2050 g/mol. The predicted octanol–water partition coefficient (Wildman–Crippen LogP) is 16.3. The molecule has 0 heterocycles. The first-order valence-corrected chi connectivity index (χ1v) is 37.1. The predicted molar refractivity (Wildman–Crippen MR) is 354 cm³/mol. The highest BCUT2D eigenvalue weighted by molar-refractivity contribution is 14.1. The third kappa shape index (κ3) is 40.6. The van der Waals surface area contributed by atoms with Crippen LogP contribution < -0.4 is 4.89 Å². The van der Waals surface area contributed by atoms with E-state index in [0.717, 1.165) is 52.8 Å². The summed E-state index contributed by atoms with van der Waals surface area (Å²) >= 11 is 26.4. The molecule has 64 heavy (non-hydrogen) atoms. The van der Waals surface area contributed by atoms with Crippen molar-refractivity contribution in [2.45, 2.75) is 200 Å². The lowest BCUT2D eigenvalue weighted by molar-refractivity contribution is -0.870. The molecule has 0 aliphatic carbocycles. The van der Waals surface area contributed by atoms with Gasteiger partial charge in [-0.3, -0.25) is 14.2 Å². The summed E-state index contributed by atoms with van der Waals surface area (Å²) in [5, 5.41) is 0. The Morgan fingerprint density at radius 1 is 0.531 bits per heavy atom. The van der Waals surface area contributed by atoms with Gasteiger partial charge in [-0.15, -0.1) is 0 Å². The van der Waals surface area contributed by atoms with Gasteiger partial charge in [0.2, 0.25) is 0 Å². The van der Waals surface area contributed by atoms with Gasteiger partial charge in [0.05, 0.1) is 27.7 Å². The van der Waals surface area contributed by atoms with Crippen LogP contribution in [0, 0.1) is 0 Å². The molecule has 9 nitrogen and oxygen atoms in total. The van der Waals surface area contributed by atoms with Gasteiger partial charge in [0, 0.05) is 52.1 Å². The minimum absolute atomic E-state index is 0.0360. The van der Waals surface area contributed by atoms with Crippen molar-refractivity contribution in [2.75, 3.05) is 47.5 Å². The third-order valence-corrected chi connectivity index (χ3v) is 32.3. The minimum atomic E-state index is -4.65. The van der Waals surface area contributed by atoms with Gasteiger partial charge in [-0.2, -0.15) is 0 Å². The van der Waals surface area contributed by atoms with Gasteiger partial charge >= 0.3 is 11.9 Å². The number of phosphoric ester groups is 1. The van der Waals surface area contributed by atoms with Crippen molar-refractivity contribution < 1.29 is 42.1 Å². The van der Waals surface area contributed by atoms with Crippen molar-refractivity contribution in [3.05, 3.63) is 0 Å². The van der Waals surface area contributed by atoms with Gasteiger partial charge in [0.1, 0.15) is 19.8 Å². The molecule has 12 atom stereocenters. The maximum atomic E-state index is 12.9. The molecule has 0 bridgehead atoms. The number of ether oxygens (including phenoxy) is 2. The molecule has 382 valence electrons. The molecule has 0 aromatic rings. The van der Waals surface area contributed by atoms with Crippen LogP contribution in [0.3, 0.4) is 0 Å². The summed E-state index contributed by atoms with van der Waals surface area (Å²) < 4.78 is 41.2. The first-order chi connectivity index (χ1) is 30.0. The van der Waals surface area contributed by atoms with Crippen molar-refractivity contribution in [3.8, 4) is 0 Å². The minimum Gasteiger partial charge on any atom is -0.756 e. The standard InChI is InChI=1S/C44H78I10NO8P/c1-6-7-15-20-34(46)38(50)28-39(51)35(47)22-17-12-10-14-18-23-43(56)60-30-33(31-62-64(58,59)61-26-25-55(3,4)5)63-44(57)24-19-13-9-8-11-16-21-36(48)40(52)29-42(54)41(53)27-37(49)32(2)45/h32-42H,6-31H2,1-5H3. The lowest BCUT2D eigenvalue weighted by Crippen LogP contribution is -2.37. The summed E-state index contributed by atoms with van der Waals surface area (Å²) in [4.78, 5) is 38.1. The molecule has 0 spiro atoms. The first kappa shape index (κ1) is 70.3. The normalized spacial score (nSPS) is 18.4. The summed E-state index contributed by atoms with van der Waals surface area (Å²) in [6.45, 7) is 4.27. The number of nitrogens with zero attached hydrogens (tertiary/aromatic N) is 1. The molecule has 0 radical (unpaired) electrons. The van der Waals surface area contributed by atoms with E-state index in [1.54, 1.807) is 0 Å². The van der Waals surface area contributed by atoms with Crippen molar-refractivity contribution >= 4 is 246 Å². The van der Waals surface area contributed by atoms with E-state index in [2.05, 4.69) is 240 Å². The van der Waals surface area contributed by atoms with Crippen LogP contribution in [0.25, 0.3) is 0 Å². The zero-order valence-electron chi connectivity index (χ0n) is 38.7. The zero-order valence-corrected chi connectivity index (χ0v) is 61.1. The fraction of sp³-hybridized carbons (Fsp3) is 0.955. The van der Waals surface area contributed by atoms with Crippen molar-refractivity contribution in [3.63, 3.8) is 0 Å². The van der Waals surface area contributed by atoms with Crippen LogP contribution in [0.4, 0.5) is 0 Å². The quantitative estimate of drug-likeness (QED) is 0.0148. The molecular formula is C44H78I10NO8P. The van der Waals surface area contributed by atoms with E-state index >= 15 is 0 Å². The number of halogens is 10. The molecule has 0 aliphatic rings. The molecule has 0 aromatic carbocycles. The highest BCUT2D eigenvalue weighted by Crippen LogP contribution is 2.39. The molecule has 0 fully saturated rings. The van der Waals surface area contributed by atoms with Crippen molar-refractivity contribution in [1.29, 1.82) is 0 Å². The fourth-order valence-electron chi connectivity index (χ4n) is 6.42. The maximum Gasteiger partial charge on any atom is 0.306 e. The molecule has 20 heteroatoms. The molecule has 0 amide bonds. The van der Waals surface area contributed by atoms with Crippen LogP contribution in [0.5, 0.6) is 0 Å². The summed E-state index contributed by atoms with van der Waals surface area (Å²) in [5.41, 5.74) is 0. The van der Waals surface area contributed by atoms with E-state index in [1.807, 2.05) is 21.1 Å². The lowest BCUT2D eigenvalue weighted by atomic mass is 10.0. The second-order valence-corrected chi connectivity index (χ2v) is 35.7. The van der Waals surface area contributed by atoms with Crippen LogP contribution in [0.2, 0.25) is 0 Å². The molecule has 12 unspecified atom stereocenters. The molecule has 0 rings (SSSR count). The number of carbonyl (C=O) groups is 2. The Kier molecular flexibility index (Phi) is 46.6. The molecule has 0 saturated heterocycles. The molecule has 0 N–H and O–H groups in total. The number of esters is 2. The molecule has 0 saturated carbocycles. The van der Waals surface area contributed by atoms with E-state index in [0.29, 0.717) is 48.8 Å².